The molecule has 2 rings (SSSR count). The summed E-state index contributed by atoms with van der Waals surface area (Å²) in [7, 11) is 0. The number of ether oxygens (including phenoxy) is 1. The second-order valence-electron chi connectivity index (χ2n) is 3.99. The van der Waals surface area contributed by atoms with Crippen molar-refractivity contribution in [3.05, 3.63) is 70.3 Å². The number of hydrogen-bond acceptors (Lipinski definition) is 4. The standard InChI is InChI=1S/C14H12NO4.Na/c16-14(10-15(17)18)11-6-8-13(9-7-11)19-12-4-2-1-3-5-12;/h1-9,14H,10H2;/q-1;+1. The average molecular weight is 281 g/mol. The van der Waals surface area contributed by atoms with Gasteiger partial charge < -0.3 is 9.84 Å². The van der Waals surface area contributed by atoms with E-state index in [1.807, 2.05) is 30.3 Å². The van der Waals surface area contributed by atoms with Crippen LogP contribution in [0.5, 0.6) is 11.5 Å². The molecule has 0 N–H and O–H groups in total. The van der Waals surface area contributed by atoms with E-state index in [9.17, 15) is 15.2 Å². The van der Waals surface area contributed by atoms with Crippen molar-refractivity contribution in [1.29, 1.82) is 0 Å². The molecule has 0 saturated carbocycles. The van der Waals surface area contributed by atoms with Gasteiger partial charge >= 0.3 is 29.6 Å². The number of hydrogen-bond donors (Lipinski definition) is 0. The molecule has 0 bridgehead atoms. The molecule has 0 aromatic heterocycles. The van der Waals surface area contributed by atoms with E-state index in [2.05, 4.69) is 0 Å². The number of benzene rings is 2. The maximum Gasteiger partial charge on any atom is 1.00 e. The van der Waals surface area contributed by atoms with E-state index in [-0.39, 0.29) is 29.6 Å². The fourth-order valence-corrected chi connectivity index (χ4v) is 1.62. The van der Waals surface area contributed by atoms with Crippen molar-refractivity contribution in [3.63, 3.8) is 0 Å². The summed E-state index contributed by atoms with van der Waals surface area (Å²) < 4.78 is 5.56. The van der Waals surface area contributed by atoms with Crippen LogP contribution in [-0.4, -0.2) is 11.5 Å². The van der Waals surface area contributed by atoms with Gasteiger partial charge in [0.2, 0.25) is 0 Å². The summed E-state index contributed by atoms with van der Waals surface area (Å²) in [6, 6.07) is 15.6. The van der Waals surface area contributed by atoms with Gasteiger partial charge in [-0.1, -0.05) is 35.9 Å². The molecular weight excluding hydrogens is 269 g/mol. The van der Waals surface area contributed by atoms with Crippen LogP contribution in [0.25, 0.3) is 0 Å². The van der Waals surface area contributed by atoms with Gasteiger partial charge in [0, 0.05) is 4.92 Å². The summed E-state index contributed by atoms with van der Waals surface area (Å²) in [6.45, 7) is -0.612. The van der Waals surface area contributed by atoms with Gasteiger partial charge in [0.25, 0.3) is 0 Å². The SMILES string of the molecule is O=[N+]([O-])CC([O-])c1ccc(Oc2ccccc2)cc1.[Na+]. The Morgan fingerprint density at radius 1 is 1.00 bits per heavy atom. The van der Waals surface area contributed by atoms with Crippen molar-refractivity contribution in [3.8, 4) is 11.5 Å². The Hall–Kier alpha value is -1.40. The van der Waals surface area contributed by atoms with E-state index in [0.29, 0.717) is 17.1 Å². The van der Waals surface area contributed by atoms with E-state index < -0.39 is 17.6 Å². The van der Waals surface area contributed by atoms with Gasteiger partial charge in [-0.15, -0.1) is 0 Å². The van der Waals surface area contributed by atoms with Crippen LogP contribution in [0.3, 0.4) is 0 Å². The molecule has 0 fully saturated rings. The predicted molar refractivity (Wildman–Crippen MR) is 67.6 cm³/mol. The van der Waals surface area contributed by atoms with Gasteiger partial charge in [0.15, 0.2) is 6.54 Å². The molecule has 6 heteroatoms. The van der Waals surface area contributed by atoms with Crippen molar-refractivity contribution in [2.75, 3.05) is 6.54 Å². The molecule has 20 heavy (non-hydrogen) atoms. The molecule has 0 amide bonds. The normalized spacial score (nSPS) is 11.2. The summed E-state index contributed by atoms with van der Waals surface area (Å²) >= 11 is 0. The number of nitro groups is 1. The van der Waals surface area contributed by atoms with Crippen LogP contribution < -0.4 is 39.4 Å². The van der Waals surface area contributed by atoms with Gasteiger partial charge in [0.05, 0.1) is 0 Å². The van der Waals surface area contributed by atoms with Crippen LogP contribution in [0.1, 0.15) is 11.7 Å². The van der Waals surface area contributed by atoms with E-state index in [0.717, 1.165) is 0 Å². The maximum atomic E-state index is 11.5. The maximum absolute atomic E-state index is 11.5. The smallest absolute Gasteiger partial charge is 0.844 e. The van der Waals surface area contributed by atoms with Crippen LogP contribution in [0.2, 0.25) is 0 Å². The Kier molecular flexibility index (Phi) is 6.67. The molecule has 0 aliphatic heterocycles. The molecule has 0 heterocycles. The van der Waals surface area contributed by atoms with Crippen molar-refractivity contribution >= 4 is 0 Å². The monoisotopic (exact) mass is 281 g/mol. The zero-order valence-corrected chi connectivity index (χ0v) is 13.1. The first-order valence-electron chi connectivity index (χ1n) is 5.75. The van der Waals surface area contributed by atoms with Gasteiger partial charge in [-0.05, 0) is 30.4 Å². The van der Waals surface area contributed by atoms with Gasteiger partial charge in [-0.25, -0.2) is 0 Å². The predicted octanol–water partition coefficient (Wildman–Crippen LogP) is -0.839. The number of para-hydroxylation sites is 1. The average Bonchev–Trinajstić information content (AvgIpc) is 2.40. The Morgan fingerprint density at radius 2 is 1.55 bits per heavy atom. The molecule has 98 valence electrons. The van der Waals surface area contributed by atoms with E-state index in [1.165, 1.54) is 0 Å². The van der Waals surface area contributed by atoms with E-state index in [4.69, 9.17) is 4.74 Å². The third-order valence-electron chi connectivity index (χ3n) is 2.55. The van der Waals surface area contributed by atoms with Crippen LogP contribution in [0.4, 0.5) is 0 Å². The van der Waals surface area contributed by atoms with Crippen LogP contribution in [0, 0.1) is 10.1 Å². The van der Waals surface area contributed by atoms with Crippen molar-refractivity contribution in [1.82, 2.24) is 0 Å². The summed E-state index contributed by atoms with van der Waals surface area (Å²) in [5.74, 6) is 1.28. The Bertz CT molecular complexity index is 545. The minimum Gasteiger partial charge on any atom is -0.844 e. The summed E-state index contributed by atoms with van der Waals surface area (Å²) in [4.78, 5) is 9.67. The molecule has 5 nitrogen and oxygen atoms in total. The molecule has 0 saturated heterocycles. The zero-order chi connectivity index (χ0) is 13.7. The number of rotatable bonds is 5. The third-order valence-corrected chi connectivity index (χ3v) is 2.55. The summed E-state index contributed by atoms with van der Waals surface area (Å²) in [6.07, 6.45) is -1.35. The summed E-state index contributed by atoms with van der Waals surface area (Å²) in [5, 5.41) is 21.8. The third kappa shape index (κ3) is 4.94. The van der Waals surface area contributed by atoms with Crippen LogP contribution in [-0.2, 0) is 0 Å². The van der Waals surface area contributed by atoms with Crippen molar-refractivity contribution in [2.24, 2.45) is 0 Å². The van der Waals surface area contributed by atoms with Crippen molar-refractivity contribution in [2.45, 2.75) is 6.10 Å². The first kappa shape index (κ1) is 16.7. The fourth-order valence-electron chi connectivity index (χ4n) is 1.62. The van der Waals surface area contributed by atoms with Gasteiger partial charge in [-0.2, -0.15) is 0 Å². The first-order valence-corrected chi connectivity index (χ1v) is 5.75. The molecule has 2 aromatic rings. The number of nitrogens with zero attached hydrogens (tertiary/aromatic N) is 1. The fraction of sp³-hybridized carbons (Fsp3) is 0.143. The summed E-state index contributed by atoms with van der Waals surface area (Å²) in [5.41, 5.74) is 0.386. The van der Waals surface area contributed by atoms with Crippen molar-refractivity contribution < 1.29 is 44.3 Å². The molecule has 1 atom stereocenters. The zero-order valence-electron chi connectivity index (χ0n) is 11.1. The molecule has 1 unspecified atom stereocenters. The molecule has 2 aromatic carbocycles. The van der Waals surface area contributed by atoms with E-state index in [1.54, 1.807) is 24.3 Å². The Morgan fingerprint density at radius 3 is 2.10 bits per heavy atom. The largest absolute Gasteiger partial charge is 1.00 e. The molecule has 0 aliphatic carbocycles. The molecule has 0 radical (unpaired) electrons. The first-order chi connectivity index (χ1) is 9.15. The molecule has 0 aliphatic rings. The minimum atomic E-state index is -1.35. The van der Waals surface area contributed by atoms with Gasteiger partial charge in [0.1, 0.15) is 11.5 Å². The van der Waals surface area contributed by atoms with Gasteiger partial charge in [-0.3, -0.25) is 10.1 Å². The van der Waals surface area contributed by atoms with Crippen LogP contribution in [0.15, 0.2) is 54.6 Å². The quantitative estimate of drug-likeness (QED) is 0.407. The second-order valence-corrected chi connectivity index (χ2v) is 3.99. The second kappa shape index (κ2) is 8.01. The Labute approximate surface area is 138 Å². The topological polar surface area (TPSA) is 75.4 Å². The molecular formula is C14H12NNaO4. The van der Waals surface area contributed by atoms with Crippen LogP contribution >= 0.6 is 0 Å². The van der Waals surface area contributed by atoms with E-state index >= 15 is 0 Å². The minimum absolute atomic E-state index is 0. The molecule has 0 spiro atoms. The Balaban J connectivity index is 0.00000200.